The topological polar surface area (TPSA) is 95.9 Å². The average Bonchev–Trinajstić information content (AvgIpc) is 3.31. The number of allylic oxidation sites excluding steroid dienone is 3. The molecule has 0 aromatic heterocycles. The Balaban J connectivity index is 3.50. The fourth-order valence-corrected chi connectivity index (χ4v) is 8.98. The van der Waals surface area contributed by atoms with E-state index in [4.69, 9.17) is 4.74 Å². The molecule has 6 nitrogen and oxygen atoms in total. The van der Waals surface area contributed by atoms with Crippen molar-refractivity contribution in [1.29, 1.82) is 0 Å². The molecule has 0 heterocycles. The molecule has 0 saturated heterocycles. The molecule has 0 spiro atoms. The minimum absolute atomic E-state index is 0.0227. The molecule has 0 aliphatic heterocycles. The number of nitrogens with one attached hydrogen (secondary N) is 1. The van der Waals surface area contributed by atoms with Crippen molar-refractivity contribution < 1.29 is 24.5 Å². The summed E-state index contributed by atoms with van der Waals surface area (Å²) in [7, 11) is 0. The first-order chi connectivity index (χ1) is 32.0. The highest BCUT2D eigenvalue weighted by Gasteiger charge is 2.18. The van der Waals surface area contributed by atoms with E-state index in [0.717, 1.165) is 57.8 Å². The highest BCUT2D eigenvalue weighted by atomic mass is 16.5. The van der Waals surface area contributed by atoms with E-state index in [1.54, 1.807) is 6.08 Å². The molecule has 2 atom stereocenters. The van der Waals surface area contributed by atoms with Gasteiger partial charge < -0.3 is 20.3 Å². The Bertz CT molecular complexity index is 1010. The molecular formula is C59H113NO5. The number of hydrogen-bond donors (Lipinski definition) is 3. The maximum absolute atomic E-state index is 12.5. The number of unbranched alkanes of at least 4 members (excludes halogenated alkanes) is 41. The van der Waals surface area contributed by atoms with Crippen molar-refractivity contribution in [1.82, 2.24) is 5.32 Å². The van der Waals surface area contributed by atoms with E-state index in [1.165, 1.54) is 231 Å². The number of rotatable bonds is 54. The largest absolute Gasteiger partial charge is 0.466 e. The van der Waals surface area contributed by atoms with E-state index in [9.17, 15) is 19.8 Å². The number of aliphatic hydroxyl groups is 2. The maximum Gasteiger partial charge on any atom is 0.305 e. The van der Waals surface area contributed by atoms with Crippen LogP contribution in [0.2, 0.25) is 0 Å². The Morgan fingerprint density at radius 2 is 0.723 bits per heavy atom. The number of carbonyl (C=O) groups is 2. The highest BCUT2D eigenvalue weighted by molar-refractivity contribution is 5.76. The molecular weight excluding hydrogens is 803 g/mol. The summed E-state index contributed by atoms with van der Waals surface area (Å²) >= 11 is 0. The van der Waals surface area contributed by atoms with E-state index in [2.05, 4.69) is 31.3 Å². The van der Waals surface area contributed by atoms with Crippen LogP contribution in [0, 0.1) is 0 Å². The van der Waals surface area contributed by atoms with E-state index in [1.807, 2.05) is 6.08 Å². The molecule has 0 fully saturated rings. The third-order valence-corrected chi connectivity index (χ3v) is 13.5. The fraction of sp³-hybridized carbons (Fsp3) is 0.898. The fourth-order valence-electron chi connectivity index (χ4n) is 8.98. The van der Waals surface area contributed by atoms with Gasteiger partial charge in [0.2, 0.25) is 5.91 Å². The average molecular weight is 917 g/mol. The molecule has 0 aromatic carbocycles. The van der Waals surface area contributed by atoms with Crippen molar-refractivity contribution >= 4 is 11.9 Å². The normalized spacial score (nSPS) is 12.7. The van der Waals surface area contributed by atoms with Crippen LogP contribution in [-0.4, -0.2) is 47.4 Å². The summed E-state index contributed by atoms with van der Waals surface area (Å²) in [6, 6.07) is -0.643. The van der Waals surface area contributed by atoms with Crippen LogP contribution in [0.5, 0.6) is 0 Å². The van der Waals surface area contributed by atoms with Gasteiger partial charge in [0.25, 0.3) is 0 Å². The second-order valence-corrected chi connectivity index (χ2v) is 20.0. The lowest BCUT2D eigenvalue weighted by Crippen LogP contribution is -2.45. The molecule has 0 aromatic rings. The zero-order valence-corrected chi connectivity index (χ0v) is 43.7. The smallest absolute Gasteiger partial charge is 0.305 e. The van der Waals surface area contributed by atoms with Gasteiger partial charge in [0, 0.05) is 12.8 Å². The Morgan fingerprint density at radius 3 is 1.09 bits per heavy atom. The predicted molar refractivity (Wildman–Crippen MR) is 283 cm³/mol. The van der Waals surface area contributed by atoms with Gasteiger partial charge >= 0.3 is 5.97 Å². The lowest BCUT2D eigenvalue weighted by molar-refractivity contribution is -0.143. The summed E-state index contributed by atoms with van der Waals surface area (Å²) in [6.45, 7) is 4.87. The third-order valence-electron chi connectivity index (χ3n) is 13.5. The molecule has 1 amide bonds. The van der Waals surface area contributed by atoms with Crippen LogP contribution in [0.4, 0.5) is 0 Å². The van der Waals surface area contributed by atoms with Crippen LogP contribution < -0.4 is 5.32 Å². The lowest BCUT2D eigenvalue weighted by Gasteiger charge is -2.20. The van der Waals surface area contributed by atoms with Crippen LogP contribution in [0.25, 0.3) is 0 Å². The van der Waals surface area contributed by atoms with Crippen LogP contribution in [0.15, 0.2) is 24.3 Å². The van der Waals surface area contributed by atoms with Crippen molar-refractivity contribution in [2.45, 2.75) is 328 Å². The lowest BCUT2D eigenvalue weighted by atomic mass is 10.0. The van der Waals surface area contributed by atoms with Crippen molar-refractivity contribution in [3.05, 3.63) is 24.3 Å². The summed E-state index contributed by atoms with van der Waals surface area (Å²) in [5, 5.41) is 23.2. The summed E-state index contributed by atoms with van der Waals surface area (Å²) in [5.41, 5.74) is 0. The second kappa shape index (κ2) is 54.9. The quantitative estimate of drug-likeness (QED) is 0.0321. The van der Waals surface area contributed by atoms with Gasteiger partial charge in [-0.3, -0.25) is 9.59 Å². The molecule has 384 valence electrons. The van der Waals surface area contributed by atoms with E-state index < -0.39 is 12.1 Å². The number of ether oxygens (including phenoxy) is 1. The summed E-state index contributed by atoms with van der Waals surface area (Å²) in [4.78, 5) is 24.5. The van der Waals surface area contributed by atoms with Crippen LogP contribution in [-0.2, 0) is 14.3 Å². The molecule has 0 aliphatic carbocycles. The molecule has 0 bridgehead atoms. The molecule has 65 heavy (non-hydrogen) atoms. The summed E-state index contributed by atoms with van der Waals surface area (Å²) < 4.78 is 5.46. The zero-order valence-electron chi connectivity index (χ0n) is 43.7. The van der Waals surface area contributed by atoms with Gasteiger partial charge in [-0.05, 0) is 57.8 Å². The number of carbonyl (C=O) groups excluding carboxylic acids is 2. The van der Waals surface area contributed by atoms with Gasteiger partial charge in [0.05, 0.1) is 25.4 Å². The molecule has 0 radical (unpaired) electrons. The van der Waals surface area contributed by atoms with Crippen LogP contribution in [0.3, 0.4) is 0 Å². The van der Waals surface area contributed by atoms with Crippen molar-refractivity contribution in [3.63, 3.8) is 0 Å². The molecule has 0 saturated carbocycles. The Kier molecular flexibility index (Phi) is 53.5. The van der Waals surface area contributed by atoms with Gasteiger partial charge in [0.15, 0.2) is 0 Å². The maximum atomic E-state index is 12.5. The Hall–Kier alpha value is -1.66. The number of esters is 1. The minimum Gasteiger partial charge on any atom is -0.466 e. The van der Waals surface area contributed by atoms with Gasteiger partial charge in [-0.1, -0.05) is 269 Å². The van der Waals surface area contributed by atoms with Gasteiger partial charge in [0.1, 0.15) is 0 Å². The minimum atomic E-state index is -0.858. The Morgan fingerprint density at radius 1 is 0.415 bits per heavy atom. The van der Waals surface area contributed by atoms with Gasteiger partial charge in [-0.2, -0.15) is 0 Å². The summed E-state index contributed by atoms with van der Waals surface area (Å²) in [6.07, 6.45) is 66.2. The van der Waals surface area contributed by atoms with Crippen molar-refractivity contribution in [3.8, 4) is 0 Å². The molecule has 6 heteroatoms. The summed E-state index contributed by atoms with van der Waals surface area (Å²) in [5.74, 6) is -0.107. The number of amides is 1. The Labute approximate surface area is 405 Å². The monoisotopic (exact) mass is 916 g/mol. The predicted octanol–water partition coefficient (Wildman–Crippen LogP) is 17.9. The highest BCUT2D eigenvalue weighted by Crippen LogP contribution is 2.17. The first-order valence-electron chi connectivity index (χ1n) is 29.1. The SMILES string of the molecule is CCCCCCCC/C=C\CCCCCCCC(=O)OCCCCCCCCCCCCCC(=O)NC(CO)C(O)/C=C/CCCCCCCCCCCCCCCCCCCCCC. The first-order valence-corrected chi connectivity index (χ1v) is 29.1. The van der Waals surface area contributed by atoms with Crippen molar-refractivity contribution in [2.24, 2.45) is 0 Å². The molecule has 0 aliphatic rings. The first kappa shape index (κ1) is 63.3. The number of aliphatic hydroxyl groups excluding tert-OH is 2. The number of hydrogen-bond acceptors (Lipinski definition) is 5. The standard InChI is InChI=1S/C59H113NO5/c1-3-5-7-9-11-13-15-17-19-20-21-22-23-24-25-27-28-31-35-39-43-47-51-57(62)56(55-61)60-58(63)52-48-44-40-36-32-30-34-38-42-46-50-54-65-59(64)53-49-45-41-37-33-29-26-18-16-14-12-10-8-6-4-2/h18,26,47,51,56-57,61-62H,3-17,19-25,27-46,48-50,52-55H2,1-2H3,(H,60,63)/b26-18-,51-47+. The molecule has 2 unspecified atom stereocenters. The van der Waals surface area contributed by atoms with E-state index in [-0.39, 0.29) is 18.5 Å². The van der Waals surface area contributed by atoms with E-state index >= 15 is 0 Å². The second-order valence-electron chi connectivity index (χ2n) is 20.0. The van der Waals surface area contributed by atoms with Crippen molar-refractivity contribution in [2.75, 3.05) is 13.2 Å². The van der Waals surface area contributed by atoms with Gasteiger partial charge in [-0.25, -0.2) is 0 Å². The van der Waals surface area contributed by atoms with Gasteiger partial charge in [-0.15, -0.1) is 0 Å². The molecule has 0 rings (SSSR count). The van der Waals surface area contributed by atoms with Crippen LogP contribution >= 0.6 is 0 Å². The third kappa shape index (κ3) is 51.6. The molecule has 3 N–H and O–H groups in total. The van der Waals surface area contributed by atoms with Crippen LogP contribution in [0.1, 0.15) is 316 Å². The zero-order chi connectivity index (χ0) is 47.2. The van der Waals surface area contributed by atoms with E-state index in [0.29, 0.717) is 19.4 Å².